The minimum atomic E-state index is -0.563. The van der Waals surface area contributed by atoms with E-state index in [1.54, 1.807) is 13.0 Å². The van der Waals surface area contributed by atoms with Crippen LogP contribution in [0.5, 0.6) is 0 Å². The number of rotatable bonds is 3. The topological polar surface area (TPSA) is 68.3 Å². The highest BCUT2D eigenvalue weighted by atomic mass is 35.5. The zero-order valence-electron chi connectivity index (χ0n) is 10.7. The smallest absolute Gasteiger partial charge is 0.237 e. The summed E-state index contributed by atoms with van der Waals surface area (Å²) in [6.45, 7) is 3.69. The van der Waals surface area contributed by atoms with Crippen molar-refractivity contribution in [2.24, 2.45) is 5.73 Å². The molecule has 0 aliphatic carbocycles. The van der Waals surface area contributed by atoms with Crippen molar-refractivity contribution in [1.29, 1.82) is 0 Å². The Balaban J connectivity index is 0.00000180. The number of aryl methyl sites for hydroxylation is 1. The molecule has 0 fully saturated rings. The number of carbonyl (C=O) groups excluding carboxylic acids is 1. The zero-order chi connectivity index (χ0) is 13.3. The van der Waals surface area contributed by atoms with Crippen molar-refractivity contribution in [3.63, 3.8) is 0 Å². The second-order valence-electron chi connectivity index (χ2n) is 4.30. The Morgan fingerprint density at radius 1 is 1.53 bits per heavy atom. The van der Waals surface area contributed by atoms with Gasteiger partial charge in [0.2, 0.25) is 5.91 Å². The number of hydrogen-bond acceptors (Lipinski definition) is 3. The Labute approximate surface area is 116 Å². The standard InChI is InChI=1S/C13H15FN2O2.ClH/c1-7-10-5-9(14)3-4-11(10)18-12(7)6-16-13(17)8(2)15;/h3-5,8H,6,15H2,1-2H3,(H,16,17);1H/t8-;/m1./s1. The highest BCUT2D eigenvalue weighted by Gasteiger charge is 2.13. The van der Waals surface area contributed by atoms with Gasteiger partial charge in [-0.25, -0.2) is 4.39 Å². The molecule has 0 bridgehead atoms. The first-order chi connectivity index (χ1) is 8.49. The zero-order valence-corrected chi connectivity index (χ0v) is 11.5. The van der Waals surface area contributed by atoms with Gasteiger partial charge >= 0.3 is 0 Å². The van der Waals surface area contributed by atoms with Gasteiger partial charge in [0, 0.05) is 10.9 Å². The van der Waals surface area contributed by atoms with E-state index in [1.807, 2.05) is 6.92 Å². The number of amides is 1. The Kier molecular flexibility index (Phi) is 4.91. The lowest BCUT2D eigenvalue weighted by atomic mass is 10.1. The Bertz CT molecular complexity index is 596. The first kappa shape index (κ1) is 15.5. The van der Waals surface area contributed by atoms with E-state index in [4.69, 9.17) is 10.2 Å². The molecule has 6 heteroatoms. The van der Waals surface area contributed by atoms with Gasteiger partial charge < -0.3 is 15.5 Å². The van der Waals surface area contributed by atoms with Crippen molar-refractivity contribution in [3.8, 4) is 0 Å². The predicted octanol–water partition coefficient (Wildman–Crippen LogP) is 2.27. The molecule has 1 amide bonds. The number of nitrogens with two attached hydrogens (primary N) is 1. The van der Waals surface area contributed by atoms with Crippen LogP contribution in [0.3, 0.4) is 0 Å². The van der Waals surface area contributed by atoms with Crippen LogP contribution in [0.15, 0.2) is 22.6 Å². The summed E-state index contributed by atoms with van der Waals surface area (Å²) in [5, 5.41) is 3.39. The van der Waals surface area contributed by atoms with Gasteiger partial charge in [0.25, 0.3) is 0 Å². The third-order valence-corrected chi connectivity index (χ3v) is 2.83. The van der Waals surface area contributed by atoms with Crippen LogP contribution in [0.2, 0.25) is 0 Å². The average Bonchev–Trinajstić information content (AvgIpc) is 2.63. The van der Waals surface area contributed by atoms with Crippen molar-refractivity contribution in [1.82, 2.24) is 5.32 Å². The molecule has 1 heterocycles. The highest BCUT2D eigenvalue weighted by Crippen LogP contribution is 2.25. The van der Waals surface area contributed by atoms with Crippen molar-refractivity contribution in [3.05, 3.63) is 35.3 Å². The number of fused-ring (bicyclic) bond motifs is 1. The van der Waals surface area contributed by atoms with E-state index in [9.17, 15) is 9.18 Å². The van der Waals surface area contributed by atoms with Crippen LogP contribution >= 0.6 is 12.4 Å². The molecule has 0 aliphatic rings. The number of furan rings is 1. The summed E-state index contributed by atoms with van der Waals surface area (Å²) in [4.78, 5) is 11.4. The molecule has 0 saturated carbocycles. The first-order valence-electron chi connectivity index (χ1n) is 5.70. The molecule has 0 spiro atoms. The van der Waals surface area contributed by atoms with Gasteiger partial charge in [0.05, 0.1) is 12.6 Å². The van der Waals surface area contributed by atoms with Gasteiger partial charge in [-0.05, 0) is 32.0 Å². The Hall–Kier alpha value is -1.59. The minimum absolute atomic E-state index is 0. The molecule has 0 saturated heterocycles. The average molecular weight is 287 g/mol. The summed E-state index contributed by atoms with van der Waals surface area (Å²) < 4.78 is 18.7. The van der Waals surface area contributed by atoms with E-state index in [2.05, 4.69) is 5.32 Å². The number of nitrogens with one attached hydrogen (secondary N) is 1. The molecule has 3 N–H and O–H groups in total. The van der Waals surface area contributed by atoms with Crippen molar-refractivity contribution in [2.45, 2.75) is 26.4 Å². The fourth-order valence-electron chi connectivity index (χ4n) is 1.74. The first-order valence-corrected chi connectivity index (χ1v) is 5.70. The number of carbonyl (C=O) groups is 1. The number of benzene rings is 1. The normalized spacial score (nSPS) is 12.0. The third-order valence-electron chi connectivity index (χ3n) is 2.83. The lowest BCUT2D eigenvalue weighted by Gasteiger charge is -2.06. The fraction of sp³-hybridized carbons (Fsp3) is 0.308. The predicted molar refractivity (Wildman–Crippen MR) is 73.7 cm³/mol. The van der Waals surface area contributed by atoms with Gasteiger partial charge in [-0.3, -0.25) is 4.79 Å². The van der Waals surface area contributed by atoms with Gasteiger partial charge in [0.15, 0.2) is 0 Å². The van der Waals surface area contributed by atoms with E-state index in [-0.39, 0.29) is 30.7 Å². The van der Waals surface area contributed by atoms with Crippen LogP contribution in [-0.4, -0.2) is 11.9 Å². The van der Waals surface area contributed by atoms with E-state index >= 15 is 0 Å². The van der Waals surface area contributed by atoms with Crippen LogP contribution in [0.25, 0.3) is 11.0 Å². The molecule has 1 aromatic heterocycles. The molecule has 19 heavy (non-hydrogen) atoms. The van der Waals surface area contributed by atoms with Crippen molar-refractivity contribution in [2.75, 3.05) is 0 Å². The fourth-order valence-corrected chi connectivity index (χ4v) is 1.74. The number of hydrogen-bond donors (Lipinski definition) is 2. The van der Waals surface area contributed by atoms with Crippen LogP contribution in [0, 0.1) is 12.7 Å². The largest absolute Gasteiger partial charge is 0.459 e. The molecule has 0 radical (unpaired) electrons. The molecule has 1 atom stereocenters. The van der Waals surface area contributed by atoms with Gasteiger partial charge in [0.1, 0.15) is 17.2 Å². The SMILES string of the molecule is Cc1c(CNC(=O)[C@@H](C)N)oc2ccc(F)cc12.Cl. The molecule has 0 unspecified atom stereocenters. The summed E-state index contributed by atoms with van der Waals surface area (Å²) in [5.74, 6) is 0.0585. The van der Waals surface area contributed by atoms with Gasteiger partial charge in [-0.15, -0.1) is 12.4 Å². The molecule has 1 aromatic carbocycles. The van der Waals surface area contributed by atoms with Gasteiger partial charge in [-0.2, -0.15) is 0 Å². The molecule has 2 aromatic rings. The molecule has 2 rings (SSSR count). The Morgan fingerprint density at radius 2 is 2.21 bits per heavy atom. The summed E-state index contributed by atoms with van der Waals surface area (Å²) >= 11 is 0. The second-order valence-corrected chi connectivity index (χ2v) is 4.30. The molecule has 0 aliphatic heterocycles. The van der Waals surface area contributed by atoms with Crippen LogP contribution in [0.4, 0.5) is 4.39 Å². The van der Waals surface area contributed by atoms with Crippen molar-refractivity contribution >= 4 is 29.3 Å². The molecular formula is C13H16ClFN2O2. The maximum absolute atomic E-state index is 13.1. The number of halogens is 2. The monoisotopic (exact) mass is 286 g/mol. The van der Waals surface area contributed by atoms with Crippen molar-refractivity contribution < 1.29 is 13.6 Å². The van der Waals surface area contributed by atoms with Crippen LogP contribution in [0.1, 0.15) is 18.2 Å². The summed E-state index contributed by atoms with van der Waals surface area (Å²) in [5.41, 5.74) is 6.88. The maximum Gasteiger partial charge on any atom is 0.237 e. The Morgan fingerprint density at radius 3 is 2.84 bits per heavy atom. The maximum atomic E-state index is 13.1. The summed E-state index contributed by atoms with van der Waals surface area (Å²) in [6, 6.07) is 3.78. The summed E-state index contributed by atoms with van der Waals surface area (Å²) in [6.07, 6.45) is 0. The van der Waals surface area contributed by atoms with Gasteiger partial charge in [-0.1, -0.05) is 0 Å². The van der Waals surface area contributed by atoms with Crippen LogP contribution in [-0.2, 0) is 11.3 Å². The molecule has 4 nitrogen and oxygen atoms in total. The van der Waals surface area contributed by atoms with Crippen LogP contribution < -0.4 is 11.1 Å². The van der Waals surface area contributed by atoms with E-state index < -0.39 is 6.04 Å². The quantitative estimate of drug-likeness (QED) is 0.909. The lowest BCUT2D eigenvalue weighted by Crippen LogP contribution is -2.37. The third kappa shape index (κ3) is 3.24. The van der Waals surface area contributed by atoms with E-state index in [1.165, 1.54) is 12.1 Å². The molecular weight excluding hydrogens is 271 g/mol. The second kappa shape index (κ2) is 6.04. The van der Waals surface area contributed by atoms with E-state index in [0.717, 1.165) is 10.9 Å². The van der Waals surface area contributed by atoms with E-state index in [0.29, 0.717) is 11.3 Å². The summed E-state index contributed by atoms with van der Waals surface area (Å²) in [7, 11) is 0. The molecule has 104 valence electrons. The lowest BCUT2D eigenvalue weighted by molar-refractivity contribution is -0.122. The highest BCUT2D eigenvalue weighted by molar-refractivity contribution is 5.85. The minimum Gasteiger partial charge on any atom is -0.459 e.